The maximum Gasteiger partial charge on any atom is 0.276 e. The number of rotatable bonds is 5. The molecule has 0 saturated heterocycles. The summed E-state index contributed by atoms with van der Waals surface area (Å²) in [5.41, 5.74) is 2.90. The summed E-state index contributed by atoms with van der Waals surface area (Å²) in [5.74, 6) is -0.0971. The van der Waals surface area contributed by atoms with E-state index < -0.39 is 0 Å². The first-order valence-corrected chi connectivity index (χ1v) is 8.49. The predicted molar refractivity (Wildman–Crippen MR) is 99.9 cm³/mol. The molecule has 6 heteroatoms. The highest BCUT2D eigenvalue weighted by molar-refractivity contribution is 5.77. The number of carbonyl (C=O) groups is 1. The van der Waals surface area contributed by atoms with Crippen LogP contribution in [0.15, 0.2) is 71.8 Å². The zero-order valence-corrected chi connectivity index (χ0v) is 14.1. The van der Waals surface area contributed by atoms with E-state index in [1.807, 2.05) is 59.1 Å². The van der Waals surface area contributed by atoms with E-state index in [2.05, 4.69) is 10.3 Å². The number of pyridine rings is 1. The number of hydrogen-bond donors (Lipinski definition) is 1. The maximum atomic E-state index is 12.8. The van der Waals surface area contributed by atoms with Crippen LogP contribution in [0.3, 0.4) is 0 Å². The van der Waals surface area contributed by atoms with Crippen LogP contribution >= 0.6 is 0 Å². The van der Waals surface area contributed by atoms with Crippen LogP contribution in [0.1, 0.15) is 12.0 Å². The third-order valence-corrected chi connectivity index (χ3v) is 4.39. The molecule has 0 radical (unpaired) electrons. The number of aryl methyl sites for hydroxylation is 1. The van der Waals surface area contributed by atoms with Crippen molar-refractivity contribution in [1.29, 1.82) is 0 Å². The summed E-state index contributed by atoms with van der Waals surface area (Å²) in [5, 5.41) is 2.89. The highest BCUT2D eigenvalue weighted by atomic mass is 16.2. The van der Waals surface area contributed by atoms with Gasteiger partial charge in [-0.15, -0.1) is 0 Å². The van der Waals surface area contributed by atoms with Crippen LogP contribution in [0.2, 0.25) is 0 Å². The van der Waals surface area contributed by atoms with E-state index in [4.69, 9.17) is 0 Å². The molecule has 0 aliphatic rings. The van der Waals surface area contributed by atoms with Crippen LogP contribution in [0.4, 0.5) is 0 Å². The molecule has 6 nitrogen and oxygen atoms in total. The summed E-state index contributed by atoms with van der Waals surface area (Å²) in [7, 11) is 0. The first-order valence-electron chi connectivity index (χ1n) is 8.49. The molecule has 0 fully saturated rings. The lowest BCUT2D eigenvalue weighted by atomic mass is 10.2. The maximum absolute atomic E-state index is 12.8. The van der Waals surface area contributed by atoms with Gasteiger partial charge >= 0.3 is 0 Å². The predicted octanol–water partition coefficient (Wildman–Crippen LogP) is 2.36. The smallest absolute Gasteiger partial charge is 0.276 e. The molecule has 4 aromatic rings. The molecule has 1 N–H and O–H groups in total. The largest absolute Gasteiger partial charge is 0.352 e. The zero-order valence-electron chi connectivity index (χ0n) is 14.1. The second-order valence-corrected chi connectivity index (χ2v) is 6.08. The van der Waals surface area contributed by atoms with Gasteiger partial charge in [0, 0.05) is 31.9 Å². The number of carbonyl (C=O) groups excluding carboxylic acids is 1. The summed E-state index contributed by atoms with van der Waals surface area (Å²) in [6.45, 7) is 0.764. The SMILES string of the molecule is O=C(CCn1c(=O)c2cccn2c2cccnc21)NCc1ccccc1. The number of aromatic nitrogens is 3. The first-order chi connectivity index (χ1) is 12.7. The van der Waals surface area contributed by atoms with Crippen molar-refractivity contribution in [3.63, 3.8) is 0 Å². The molecule has 0 aliphatic heterocycles. The third-order valence-electron chi connectivity index (χ3n) is 4.39. The molecule has 3 aromatic heterocycles. The fourth-order valence-electron chi connectivity index (χ4n) is 3.09. The van der Waals surface area contributed by atoms with Crippen LogP contribution in [-0.4, -0.2) is 19.9 Å². The van der Waals surface area contributed by atoms with Crippen LogP contribution in [0, 0.1) is 0 Å². The molecule has 1 amide bonds. The van der Waals surface area contributed by atoms with E-state index in [9.17, 15) is 9.59 Å². The van der Waals surface area contributed by atoms with Crippen LogP contribution in [-0.2, 0) is 17.9 Å². The van der Waals surface area contributed by atoms with Gasteiger partial charge in [-0.1, -0.05) is 30.3 Å². The molecule has 0 spiro atoms. The normalized spacial score (nSPS) is 11.1. The Balaban J connectivity index is 1.56. The molecule has 1 aromatic carbocycles. The number of fused-ring (bicyclic) bond motifs is 3. The Morgan fingerprint density at radius 3 is 2.65 bits per heavy atom. The molecule has 0 unspecified atom stereocenters. The van der Waals surface area contributed by atoms with Gasteiger partial charge in [0.05, 0.1) is 5.52 Å². The van der Waals surface area contributed by atoms with Gasteiger partial charge in [0.25, 0.3) is 5.56 Å². The zero-order chi connectivity index (χ0) is 17.9. The number of amides is 1. The van der Waals surface area contributed by atoms with Crippen LogP contribution < -0.4 is 10.9 Å². The molecule has 0 bridgehead atoms. The fourth-order valence-corrected chi connectivity index (χ4v) is 3.09. The van der Waals surface area contributed by atoms with Crippen molar-refractivity contribution in [2.24, 2.45) is 0 Å². The Morgan fingerprint density at radius 1 is 1.00 bits per heavy atom. The monoisotopic (exact) mass is 346 g/mol. The van der Waals surface area contributed by atoms with Crippen molar-refractivity contribution in [2.45, 2.75) is 19.5 Å². The highest BCUT2D eigenvalue weighted by Crippen LogP contribution is 2.13. The lowest BCUT2D eigenvalue weighted by Gasteiger charge is -2.11. The van der Waals surface area contributed by atoms with E-state index in [0.717, 1.165) is 11.1 Å². The van der Waals surface area contributed by atoms with Crippen molar-refractivity contribution >= 4 is 22.6 Å². The highest BCUT2D eigenvalue weighted by Gasteiger charge is 2.12. The quantitative estimate of drug-likeness (QED) is 0.603. The summed E-state index contributed by atoms with van der Waals surface area (Å²) in [6, 6.07) is 17.1. The molecule has 0 aliphatic carbocycles. The fraction of sp³-hybridized carbons (Fsp3) is 0.150. The first kappa shape index (κ1) is 16.1. The van der Waals surface area contributed by atoms with E-state index in [1.54, 1.807) is 16.8 Å². The van der Waals surface area contributed by atoms with E-state index in [0.29, 0.717) is 17.7 Å². The average Bonchev–Trinajstić information content (AvgIpc) is 3.17. The van der Waals surface area contributed by atoms with E-state index in [-0.39, 0.29) is 24.4 Å². The second-order valence-electron chi connectivity index (χ2n) is 6.08. The molecule has 3 heterocycles. The van der Waals surface area contributed by atoms with Crippen LogP contribution in [0.25, 0.3) is 16.7 Å². The molecular formula is C20H18N4O2. The van der Waals surface area contributed by atoms with Gasteiger partial charge in [-0.3, -0.25) is 14.2 Å². The van der Waals surface area contributed by atoms with Crippen molar-refractivity contribution in [3.8, 4) is 0 Å². The third kappa shape index (κ3) is 2.97. The molecule has 4 rings (SSSR count). The topological polar surface area (TPSA) is 68.4 Å². The lowest BCUT2D eigenvalue weighted by Crippen LogP contribution is -2.28. The van der Waals surface area contributed by atoms with Gasteiger partial charge < -0.3 is 9.72 Å². The average molecular weight is 346 g/mol. The Morgan fingerprint density at radius 2 is 1.81 bits per heavy atom. The van der Waals surface area contributed by atoms with Crippen molar-refractivity contribution in [2.75, 3.05) is 0 Å². The Labute approximate surface area is 149 Å². The molecule has 0 saturated carbocycles. The molecule has 0 atom stereocenters. The minimum absolute atomic E-state index is 0.0971. The van der Waals surface area contributed by atoms with Gasteiger partial charge in [0.15, 0.2) is 5.65 Å². The van der Waals surface area contributed by atoms with Gasteiger partial charge in [0.1, 0.15) is 5.52 Å². The summed E-state index contributed by atoms with van der Waals surface area (Å²) >= 11 is 0. The second kappa shape index (κ2) is 6.84. The Bertz CT molecular complexity index is 1130. The summed E-state index contributed by atoms with van der Waals surface area (Å²) < 4.78 is 3.41. The van der Waals surface area contributed by atoms with Gasteiger partial charge in [-0.05, 0) is 29.8 Å². The van der Waals surface area contributed by atoms with Gasteiger partial charge in [-0.2, -0.15) is 0 Å². The van der Waals surface area contributed by atoms with E-state index in [1.165, 1.54) is 0 Å². The summed E-state index contributed by atoms with van der Waals surface area (Å²) in [4.78, 5) is 29.3. The van der Waals surface area contributed by atoms with Crippen molar-refractivity contribution in [1.82, 2.24) is 19.3 Å². The molecule has 130 valence electrons. The standard InChI is InChI=1S/C20H18N4O2/c25-18(22-14-15-6-2-1-3-7-15)10-13-24-19-16(8-4-11-21-19)23-12-5-9-17(23)20(24)26/h1-9,11-12H,10,13-14H2,(H,22,25). The number of hydrogen-bond acceptors (Lipinski definition) is 3. The van der Waals surface area contributed by atoms with Crippen LogP contribution in [0.5, 0.6) is 0 Å². The van der Waals surface area contributed by atoms with Gasteiger partial charge in [-0.25, -0.2) is 4.98 Å². The number of benzene rings is 1. The van der Waals surface area contributed by atoms with E-state index >= 15 is 0 Å². The van der Waals surface area contributed by atoms with Gasteiger partial charge in [0.2, 0.25) is 5.91 Å². The molecular weight excluding hydrogens is 328 g/mol. The number of nitrogens with zero attached hydrogens (tertiary/aromatic N) is 3. The lowest BCUT2D eigenvalue weighted by molar-refractivity contribution is -0.121. The van der Waals surface area contributed by atoms with Crippen molar-refractivity contribution in [3.05, 3.63) is 82.9 Å². The number of nitrogens with one attached hydrogen (secondary N) is 1. The Kier molecular flexibility index (Phi) is 4.23. The van der Waals surface area contributed by atoms with Crippen molar-refractivity contribution < 1.29 is 4.79 Å². The Hall–Kier alpha value is -3.41. The minimum Gasteiger partial charge on any atom is -0.352 e. The summed E-state index contributed by atoms with van der Waals surface area (Å²) in [6.07, 6.45) is 3.72. The minimum atomic E-state index is -0.142. The molecule has 26 heavy (non-hydrogen) atoms.